The molecule has 2 heterocycles. The summed E-state index contributed by atoms with van der Waals surface area (Å²) >= 11 is 0. The normalized spacial score (nSPS) is 17.5. The molecule has 0 atom stereocenters. The fourth-order valence-corrected chi connectivity index (χ4v) is 4.47. The topological polar surface area (TPSA) is 53.1 Å². The van der Waals surface area contributed by atoms with Gasteiger partial charge in [0.1, 0.15) is 11.4 Å². The van der Waals surface area contributed by atoms with Crippen molar-refractivity contribution in [2.75, 3.05) is 39.3 Å². The van der Waals surface area contributed by atoms with Crippen LogP contribution in [-0.4, -0.2) is 71.9 Å². The third-order valence-corrected chi connectivity index (χ3v) is 6.26. The third-order valence-electron chi connectivity index (χ3n) is 6.26. The number of piperazine rings is 1. The van der Waals surface area contributed by atoms with Crippen molar-refractivity contribution in [1.29, 1.82) is 0 Å². The molecule has 2 aliphatic rings. The van der Waals surface area contributed by atoms with Crippen LogP contribution in [0.25, 0.3) is 5.57 Å². The molecule has 2 aromatic carbocycles. The zero-order valence-corrected chi connectivity index (χ0v) is 19.8. The van der Waals surface area contributed by atoms with Gasteiger partial charge in [-0.2, -0.15) is 0 Å². The average Bonchev–Trinajstić information content (AvgIpc) is 3.08. The molecule has 0 N–H and O–H groups in total. The van der Waals surface area contributed by atoms with Crippen molar-refractivity contribution < 1.29 is 14.3 Å². The van der Waals surface area contributed by atoms with Gasteiger partial charge in [0.25, 0.3) is 11.8 Å². The van der Waals surface area contributed by atoms with E-state index in [4.69, 9.17) is 4.74 Å². The smallest absolute Gasteiger partial charge is 0.277 e. The monoisotopic (exact) mass is 447 g/mol. The van der Waals surface area contributed by atoms with Gasteiger partial charge in [-0.25, -0.2) is 0 Å². The summed E-state index contributed by atoms with van der Waals surface area (Å²) in [5.41, 5.74) is 2.93. The maximum Gasteiger partial charge on any atom is 0.277 e. The molecule has 33 heavy (non-hydrogen) atoms. The van der Waals surface area contributed by atoms with Crippen LogP contribution >= 0.6 is 0 Å². The lowest BCUT2D eigenvalue weighted by Crippen LogP contribution is -2.47. The number of carbonyl (C=O) groups is 2. The Kier molecular flexibility index (Phi) is 7.14. The van der Waals surface area contributed by atoms with Crippen LogP contribution in [0.2, 0.25) is 0 Å². The number of hydrogen-bond donors (Lipinski definition) is 0. The molecular weight excluding hydrogens is 414 g/mol. The minimum atomic E-state index is -0.207. The van der Waals surface area contributed by atoms with Gasteiger partial charge in [0.2, 0.25) is 0 Å². The lowest BCUT2D eigenvalue weighted by molar-refractivity contribution is -0.137. The van der Waals surface area contributed by atoms with Crippen LogP contribution in [0.15, 0.2) is 60.3 Å². The predicted octanol–water partition coefficient (Wildman–Crippen LogP) is 3.43. The van der Waals surface area contributed by atoms with Crippen molar-refractivity contribution in [2.45, 2.75) is 33.3 Å². The maximum absolute atomic E-state index is 13.6. The second-order valence-electron chi connectivity index (χ2n) is 8.83. The number of nitrogens with zero attached hydrogens (tertiary/aromatic N) is 3. The van der Waals surface area contributed by atoms with E-state index in [1.165, 1.54) is 4.90 Å². The Labute approximate surface area is 196 Å². The Hall–Kier alpha value is -3.12. The van der Waals surface area contributed by atoms with Gasteiger partial charge >= 0.3 is 0 Å². The Balaban J connectivity index is 1.62. The molecule has 0 aromatic heterocycles. The van der Waals surface area contributed by atoms with Gasteiger partial charge in [-0.1, -0.05) is 49.4 Å². The summed E-state index contributed by atoms with van der Waals surface area (Å²) in [5.74, 6) is 0.366. The van der Waals surface area contributed by atoms with E-state index in [1.54, 1.807) is 0 Å². The van der Waals surface area contributed by atoms with Crippen molar-refractivity contribution >= 4 is 17.4 Å². The molecule has 174 valence electrons. The molecule has 0 aliphatic carbocycles. The van der Waals surface area contributed by atoms with Crippen LogP contribution in [0.3, 0.4) is 0 Å². The highest BCUT2D eigenvalue weighted by molar-refractivity contribution is 6.35. The maximum atomic E-state index is 13.6. The fourth-order valence-electron chi connectivity index (χ4n) is 4.47. The van der Waals surface area contributed by atoms with E-state index in [0.717, 1.165) is 49.6 Å². The number of likely N-dealkylation sites (N-methyl/N-ethyl adjacent to an activating group) is 1. The first kappa shape index (κ1) is 23.1. The minimum absolute atomic E-state index is 0.0728. The number of amides is 2. The number of benzene rings is 2. The number of rotatable bonds is 8. The molecule has 6 nitrogen and oxygen atoms in total. The Morgan fingerprint density at radius 1 is 0.879 bits per heavy atom. The molecule has 2 aliphatic heterocycles. The van der Waals surface area contributed by atoms with Crippen molar-refractivity contribution in [3.63, 3.8) is 0 Å². The van der Waals surface area contributed by atoms with E-state index >= 15 is 0 Å². The van der Waals surface area contributed by atoms with E-state index in [1.807, 2.05) is 68.4 Å². The molecule has 1 saturated heterocycles. The highest BCUT2D eigenvalue weighted by atomic mass is 16.5. The molecule has 0 spiro atoms. The average molecular weight is 448 g/mol. The first-order chi connectivity index (χ1) is 16.0. The molecule has 0 bridgehead atoms. The second kappa shape index (κ2) is 10.2. The van der Waals surface area contributed by atoms with Gasteiger partial charge in [-0.05, 0) is 50.1 Å². The summed E-state index contributed by atoms with van der Waals surface area (Å²) in [4.78, 5) is 33.0. The third kappa shape index (κ3) is 5.11. The molecule has 1 fully saturated rings. The number of imide groups is 1. The van der Waals surface area contributed by atoms with Crippen LogP contribution in [0, 0.1) is 0 Å². The van der Waals surface area contributed by atoms with Gasteiger partial charge < -0.3 is 14.5 Å². The number of carbonyl (C=O) groups excluding carboxylic acids is 2. The highest BCUT2D eigenvalue weighted by Gasteiger charge is 2.41. The van der Waals surface area contributed by atoms with Gasteiger partial charge in [0, 0.05) is 32.7 Å². The molecule has 2 amide bonds. The SMILES string of the molecule is CCN1CCN(C2=C(c3ccc(OC(C)C)cc3)C(=O)N(CCc3ccccc3)C2=O)CC1. The molecule has 0 saturated carbocycles. The summed E-state index contributed by atoms with van der Waals surface area (Å²) in [6.07, 6.45) is 0.715. The van der Waals surface area contributed by atoms with Crippen LogP contribution in [0.4, 0.5) is 0 Å². The zero-order chi connectivity index (χ0) is 23.4. The molecule has 2 aromatic rings. The lowest BCUT2D eigenvalue weighted by Gasteiger charge is -2.36. The first-order valence-electron chi connectivity index (χ1n) is 11.9. The lowest BCUT2D eigenvalue weighted by atomic mass is 10.0. The van der Waals surface area contributed by atoms with Crippen molar-refractivity contribution in [3.8, 4) is 5.75 Å². The predicted molar refractivity (Wildman–Crippen MR) is 130 cm³/mol. The van der Waals surface area contributed by atoms with Gasteiger partial charge in [0.15, 0.2) is 0 Å². The highest BCUT2D eigenvalue weighted by Crippen LogP contribution is 2.33. The summed E-state index contributed by atoms with van der Waals surface area (Å²) in [7, 11) is 0. The van der Waals surface area contributed by atoms with Gasteiger partial charge in [-0.15, -0.1) is 0 Å². The van der Waals surface area contributed by atoms with Crippen LogP contribution in [0.1, 0.15) is 31.9 Å². The van der Waals surface area contributed by atoms with E-state index in [0.29, 0.717) is 24.2 Å². The fraction of sp³-hybridized carbons (Fsp3) is 0.407. The van der Waals surface area contributed by atoms with Crippen LogP contribution in [0.5, 0.6) is 5.75 Å². The largest absolute Gasteiger partial charge is 0.491 e. The molecule has 0 unspecified atom stereocenters. The zero-order valence-electron chi connectivity index (χ0n) is 19.8. The Morgan fingerprint density at radius 2 is 1.55 bits per heavy atom. The standard InChI is InChI=1S/C27H33N3O3/c1-4-28-16-18-29(19-17-28)25-24(22-10-12-23(13-11-22)33-20(2)3)26(31)30(27(25)32)15-14-21-8-6-5-7-9-21/h5-13,20H,4,14-19H2,1-3H3. The molecule has 6 heteroatoms. The summed E-state index contributed by atoms with van der Waals surface area (Å²) in [6.45, 7) is 10.7. The van der Waals surface area contributed by atoms with E-state index < -0.39 is 0 Å². The second-order valence-corrected chi connectivity index (χ2v) is 8.83. The van der Waals surface area contributed by atoms with Crippen LogP contribution < -0.4 is 4.74 Å². The molecule has 4 rings (SSSR count). The van der Waals surface area contributed by atoms with Gasteiger partial charge in [0.05, 0.1) is 11.7 Å². The Bertz CT molecular complexity index is 1010. The van der Waals surface area contributed by atoms with E-state index in [-0.39, 0.29) is 17.9 Å². The van der Waals surface area contributed by atoms with E-state index in [2.05, 4.69) is 16.7 Å². The molecule has 0 radical (unpaired) electrons. The van der Waals surface area contributed by atoms with Gasteiger partial charge in [-0.3, -0.25) is 14.5 Å². The summed E-state index contributed by atoms with van der Waals surface area (Å²) in [6, 6.07) is 17.5. The number of ether oxygens (including phenoxy) is 1. The Morgan fingerprint density at radius 3 is 2.15 bits per heavy atom. The number of hydrogen-bond acceptors (Lipinski definition) is 5. The van der Waals surface area contributed by atoms with Crippen molar-refractivity contribution in [1.82, 2.24) is 14.7 Å². The molecular formula is C27H33N3O3. The van der Waals surface area contributed by atoms with Crippen LogP contribution in [-0.2, 0) is 16.0 Å². The summed E-state index contributed by atoms with van der Waals surface area (Å²) in [5, 5.41) is 0. The van der Waals surface area contributed by atoms with E-state index in [9.17, 15) is 9.59 Å². The minimum Gasteiger partial charge on any atom is -0.491 e. The first-order valence-corrected chi connectivity index (χ1v) is 11.9. The summed E-state index contributed by atoms with van der Waals surface area (Å²) < 4.78 is 5.76. The van der Waals surface area contributed by atoms with Crippen molar-refractivity contribution in [2.24, 2.45) is 0 Å². The van der Waals surface area contributed by atoms with Crippen molar-refractivity contribution in [3.05, 3.63) is 71.4 Å². The quantitative estimate of drug-likeness (QED) is 0.581.